The van der Waals surface area contributed by atoms with Gasteiger partial charge in [0.2, 0.25) is 11.8 Å². The minimum atomic E-state index is -0.675. The maximum atomic E-state index is 12.5. The fourth-order valence-electron chi connectivity index (χ4n) is 2.78. The van der Waals surface area contributed by atoms with Gasteiger partial charge in [0.05, 0.1) is 13.2 Å². The summed E-state index contributed by atoms with van der Waals surface area (Å²) >= 11 is 0. The zero-order valence-electron chi connectivity index (χ0n) is 11.5. The molecule has 0 bridgehead atoms. The number of piperazine rings is 1. The SMILES string of the molecule is CC1(C2CC2)NC(=O)CN(CCOCC2CC2)C1=O. The number of ether oxygens (including phenoxy) is 1. The van der Waals surface area contributed by atoms with Crippen molar-refractivity contribution in [2.45, 2.75) is 38.1 Å². The lowest BCUT2D eigenvalue weighted by molar-refractivity contribution is -0.150. The van der Waals surface area contributed by atoms with Crippen LogP contribution in [0.5, 0.6) is 0 Å². The summed E-state index contributed by atoms with van der Waals surface area (Å²) in [7, 11) is 0. The van der Waals surface area contributed by atoms with E-state index in [-0.39, 0.29) is 18.4 Å². The molecule has 2 aliphatic carbocycles. The van der Waals surface area contributed by atoms with E-state index in [4.69, 9.17) is 4.74 Å². The third kappa shape index (κ3) is 2.76. The van der Waals surface area contributed by atoms with E-state index in [2.05, 4.69) is 5.32 Å². The Bertz CT molecular complexity index is 390. The van der Waals surface area contributed by atoms with Gasteiger partial charge in [-0.15, -0.1) is 0 Å². The standard InChI is InChI=1S/C14H22N2O3/c1-14(11-4-5-11)13(18)16(8-12(17)15-14)6-7-19-9-10-2-3-10/h10-11H,2-9H2,1H3,(H,15,17). The van der Waals surface area contributed by atoms with Crippen LogP contribution in [-0.2, 0) is 14.3 Å². The number of amides is 2. The Hall–Kier alpha value is -1.10. The van der Waals surface area contributed by atoms with Crippen molar-refractivity contribution in [3.05, 3.63) is 0 Å². The molecule has 0 radical (unpaired) electrons. The molecular weight excluding hydrogens is 244 g/mol. The van der Waals surface area contributed by atoms with Crippen LogP contribution in [-0.4, -0.2) is 48.6 Å². The molecule has 2 saturated carbocycles. The molecule has 1 N–H and O–H groups in total. The minimum Gasteiger partial charge on any atom is -0.379 e. The fourth-order valence-corrected chi connectivity index (χ4v) is 2.78. The molecule has 106 valence electrons. The lowest BCUT2D eigenvalue weighted by Gasteiger charge is -2.40. The Kier molecular flexibility index (Phi) is 3.25. The molecule has 0 spiro atoms. The van der Waals surface area contributed by atoms with Crippen molar-refractivity contribution in [3.63, 3.8) is 0 Å². The van der Waals surface area contributed by atoms with Gasteiger partial charge in [0.25, 0.3) is 0 Å². The predicted octanol–water partition coefficient (Wildman–Crippen LogP) is 0.540. The predicted molar refractivity (Wildman–Crippen MR) is 69.4 cm³/mol. The Labute approximate surface area is 113 Å². The highest BCUT2D eigenvalue weighted by Gasteiger charge is 2.52. The summed E-state index contributed by atoms with van der Waals surface area (Å²) in [6.07, 6.45) is 4.61. The molecule has 19 heavy (non-hydrogen) atoms. The number of carbonyl (C=O) groups is 2. The molecule has 0 aromatic carbocycles. The Morgan fingerprint density at radius 3 is 2.68 bits per heavy atom. The summed E-state index contributed by atoms with van der Waals surface area (Å²) in [5.74, 6) is 1.07. The van der Waals surface area contributed by atoms with Crippen LogP contribution in [0.25, 0.3) is 0 Å². The monoisotopic (exact) mass is 266 g/mol. The van der Waals surface area contributed by atoms with Crippen LogP contribution in [0.15, 0.2) is 0 Å². The van der Waals surface area contributed by atoms with Gasteiger partial charge in [-0.25, -0.2) is 0 Å². The summed E-state index contributed by atoms with van der Waals surface area (Å²) in [5, 5.41) is 2.88. The molecule has 0 aromatic heterocycles. The van der Waals surface area contributed by atoms with Gasteiger partial charge in [0.15, 0.2) is 0 Å². The Morgan fingerprint density at radius 1 is 1.32 bits per heavy atom. The van der Waals surface area contributed by atoms with Gasteiger partial charge < -0.3 is 15.0 Å². The van der Waals surface area contributed by atoms with E-state index >= 15 is 0 Å². The first-order valence-corrected chi connectivity index (χ1v) is 7.28. The molecule has 1 unspecified atom stereocenters. The van der Waals surface area contributed by atoms with Gasteiger partial charge in [-0.05, 0) is 44.4 Å². The van der Waals surface area contributed by atoms with Crippen molar-refractivity contribution in [2.24, 2.45) is 11.8 Å². The highest BCUT2D eigenvalue weighted by atomic mass is 16.5. The normalized spacial score (nSPS) is 31.5. The quantitative estimate of drug-likeness (QED) is 0.714. The molecule has 1 saturated heterocycles. The highest BCUT2D eigenvalue weighted by Crippen LogP contribution is 2.41. The van der Waals surface area contributed by atoms with Crippen LogP contribution >= 0.6 is 0 Å². The number of carbonyl (C=O) groups excluding carboxylic acids is 2. The lowest BCUT2D eigenvalue weighted by atomic mass is 9.91. The van der Waals surface area contributed by atoms with Crippen molar-refractivity contribution in [1.29, 1.82) is 0 Å². The molecular formula is C14H22N2O3. The summed E-state index contributed by atoms with van der Waals surface area (Å²) in [6, 6.07) is 0. The van der Waals surface area contributed by atoms with E-state index in [0.717, 1.165) is 25.4 Å². The van der Waals surface area contributed by atoms with Crippen LogP contribution in [0.4, 0.5) is 0 Å². The summed E-state index contributed by atoms with van der Waals surface area (Å²) in [4.78, 5) is 25.9. The van der Waals surface area contributed by atoms with Crippen LogP contribution in [0.3, 0.4) is 0 Å². The molecule has 0 aromatic rings. The van der Waals surface area contributed by atoms with Crippen molar-refractivity contribution >= 4 is 11.8 Å². The summed E-state index contributed by atoms with van der Waals surface area (Å²) in [6.45, 7) is 3.90. The van der Waals surface area contributed by atoms with E-state index in [1.54, 1.807) is 4.90 Å². The van der Waals surface area contributed by atoms with Crippen molar-refractivity contribution in [2.75, 3.05) is 26.3 Å². The van der Waals surface area contributed by atoms with Gasteiger partial charge in [-0.3, -0.25) is 9.59 Å². The van der Waals surface area contributed by atoms with Gasteiger partial charge in [-0.1, -0.05) is 0 Å². The molecule has 3 aliphatic rings. The van der Waals surface area contributed by atoms with E-state index in [1.807, 2.05) is 6.92 Å². The smallest absolute Gasteiger partial charge is 0.248 e. The van der Waals surface area contributed by atoms with Crippen molar-refractivity contribution in [1.82, 2.24) is 10.2 Å². The molecule has 1 aliphatic heterocycles. The third-order valence-corrected chi connectivity index (χ3v) is 4.41. The zero-order chi connectivity index (χ0) is 13.5. The van der Waals surface area contributed by atoms with E-state index < -0.39 is 5.54 Å². The maximum Gasteiger partial charge on any atom is 0.248 e. The summed E-state index contributed by atoms with van der Waals surface area (Å²) in [5.41, 5.74) is -0.675. The molecule has 5 heteroatoms. The number of nitrogens with one attached hydrogen (secondary N) is 1. The highest BCUT2D eigenvalue weighted by molar-refractivity contribution is 5.98. The number of nitrogens with zero attached hydrogens (tertiary/aromatic N) is 1. The first-order chi connectivity index (χ1) is 9.09. The van der Waals surface area contributed by atoms with Crippen LogP contribution in [0.2, 0.25) is 0 Å². The molecule has 3 rings (SSSR count). The van der Waals surface area contributed by atoms with E-state index in [0.29, 0.717) is 19.1 Å². The van der Waals surface area contributed by atoms with Crippen LogP contribution in [0, 0.1) is 11.8 Å². The second kappa shape index (κ2) is 4.78. The Balaban J connectivity index is 1.53. The zero-order valence-corrected chi connectivity index (χ0v) is 11.5. The molecule has 2 amide bonds. The minimum absolute atomic E-state index is 0.0452. The lowest BCUT2D eigenvalue weighted by Crippen LogP contribution is -2.66. The molecule has 1 heterocycles. The average molecular weight is 266 g/mol. The van der Waals surface area contributed by atoms with Crippen molar-refractivity contribution in [3.8, 4) is 0 Å². The number of hydrogen-bond acceptors (Lipinski definition) is 3. The largest absolute Gasteiger partial charge is 0.379 e. The fraction of sp³-hybridized carbons (Fsp3) is 0.857. The summed E-state index contributed by atoms with van der Waals surface area (Å²) < 4.78 is 5.56. The maximum absolute atomic E-state index is 12.5. The number of rotatable bonds is 6. The first kappa shape index (κ1) is 12.9. The van der Waals surface area contributed by atoms with E-state index in [9.17, 15) is 9.59 Å². The number of hydrogen-bond donors (Lipinski definition) is 1. The topological polar surface area (TPSA) is 58.6 Å². The molecule has 1 atom stereocenters. The van der Waals surface area contributed by atoms with E-state index in [1.165, 1.54) is 12.8 Å². The van der Waals surface area contributed by atoms with Gasteiger partial charge in [-0.2, -0.15) is 0 Å². The molecule has 3 fully saturated rings. The van der Waals surface area contributed by atoms with Crippen LogP contribution < -0.4 is 5.32 Å². The van der Waals surface area contributed by atoms with Gasteiger partial charge in [0.1, 0.15) is 5.54 Å². The third-order valence-electron chi connectivity index (χ3n) is 4.41. The van der Waals surface area contributed by atoms with Gasteiger partial charge in [0, 0.05) is 13.2 Å². The van der Waals surface area contributed by atoms with Crippen LogP contribution in [0.1, 0.15) is 32.6 Å². The Morgan fingerprint density at radius 2 is 2.05 bits per heavy atom. The van der Waals surface area contributed by atoms with Crippen molar-refractivity contribution < 1.29 is 14.3 Å². The molecule has 5 nitrogen and oxygen atoms in total. The second-order valence-corrected chi connectivity index (χ2v) is 6.27. The average Bonchev–Trinajstić information content (AvgIpc) is 3.23. The van der Waals surface area contributed by atoms with Gasteiger partial charge >= 0.3 is 0 Å². The first-order valence-electron chi connectivity index (χ1n) is 7.28. The second-order valence-electron chi connectivity index (χ2n) is 6.27.